The quantitative estimate of drug-likeness (QED) is 0.753. The Balaban J connectivity index is 1.69. The van der Waals surface area contributed by atoms with Gasteiger partial charge in [0.25, 0.3) is 0 Å². The second-order valence-corrected chi connectivity index (χ2v) is 6.22. The average Bonchev–Trinajstić information content (AvgIpc) is 3.00. The maximum atomic E-state index is 13.5. The molecule has 3 rings (SSSR count). The minimum Gasteiger partial charge on any atom is -0.323 e. The van der Waals surface area contributed by atoms with Gasteiger partial charge in [0.2, 0.25) is 5.91 Å². The Bertz CT molecular complexity index is 875. The van der Waals surface area contributed by atoms with Crippen LogP contribution in [0.25, 0.3) is 10.6 Å². The topological polar surface area (TPSA) is 42.0 Å². The number of hydrogen-bond donors (Lipinski definition) is 1. The van der Waals surface area contributed by atoms with E-state index in [1.165, 1.54) is 11.3 Å². The highest BCUT2D eigenvalue weighted by atomic mass is 32.1. The molecule has 0 atom stereocenters. The first-order chi connectivity index (χ1) is 11.5. The van der Waals surface area contributed by atoms with Gasteiger partial charge in [-0.15, -0.1) is 11.3 Å². The highest BCUT2D eigenvalue weighted by Crippen LogP contribution is 2.24. The van der Waals surface area contributed by atoms with Crippen LogP contribution in [0.1, 0.15) is 11.3 Å². The Labute approximate surface area is 142 Å². The molecule has 0 bridgehead atoms. The summed E-state index contributed by atoms with van der Waals surface area (Å²) in [6, 6.07) is 10.9. The van der Waals surface area contributed by atoms with Crippen LogP contribution in [-0.4, -0.2) is 10.9 Å². The van der Waals surface area contributed by atoms with Crippen molar-refractivity contribution in [2.75, 3.05) is 5.32 Å². The fraction of sp³-hybridized carbons (Fsp3) is 0.111. The van der Waals surface area contributed by atoms with Crippen LogP contribution >= 0.6 is 11.3 Å². The van der Waals surface area contributed by atoms with E-state index in [1.54, 1.807) is 5.38 Å². The molecule has 1 amide bonds. The third-order valence-electron chi connectivity index (χ3n) is 3.39. The molecular formula is C18H14F2N2OS. The van der Waals surface area contributed by atoms with Gasteiger partial charge in [0.15, 0.2) is 0 Å². The Morgan fingerprint density at radius 3 is 2.67 bits per heavy atom. The van der Waals surface area contributed by atoms with Crippen molar-refractivity contribution in [3.63, 3.8) is 0 Å². The van der Waals surface area contributed by atoms with Crippen LogP contribution in [0.4, 0.5) is 14.5 Å². The smallest absolute Gasteiger partial charge is 0.230 e. The molecule has 0 saturated heterocycles. The molecule has 1 heterocycles. The summed E-state index contributed by atoms with van der Waals surface area (Å²) in [5.74, 6) is -1.73. The number of carbonyl (C=O) groups excluding carboxylic acids is 1. The standard InChI is InChI=1S/C18H14F2N2OS/c1-11-2-4-12(5-3-11)18-21-14(10-24-18)9-17(23)22-16-8-13(19)6-7-15(16)20/h2-8,10H,9H2,1H3,(H,22,23). The van der Waals surface area contributed by atoms with Crippen molar-refractivity contribution in [2.24, 2.45) is 0 Å². The Morgan fingerprint density at radius 2 is 1.92 bits per heavy atom. The fourth-order valence-corrected chi connectivity index (χ4v) is 2.99. The number of hydrogen-bond acceptors (Lipinski definition) is 3. The van der Waals surface area contributed by atoms with Crippen LogP contribution in [0.2, 0.25) is 0 Å². The van der Waals surface area contributed by atoms with E-state index in [1.807, 2.05) is 31.2 Å². The van der Waals surface area contributed by atoms with Crippen LogP contribution in [0.15, 0.2) is 47.8 Å². The second kappa shape index (κ2) is 6.88. The number of benzene rings is 2. The van der Waals surface area contributed by atoms with Crippen LogP contribution in [0.3, 0.4) is 0 Å². The van der Waals surface area contributed by atoms with E-state index in [2.05, 4.69) is 10.3 Å². The number of nitrogens with zero attached hydrogens (tertiary/aromatic N) is 1. The summed E-state index contributed by atoms with van der Waals surface area (Å²) in [7, 11) is 0. The lowest BCUT2D eigenvalue weighted by molar-refractivity contribution is -0.115. The third-order valence-corrected chi connectivity index (χ3v) is 4.33. The Morgan fingerprint density at radius 1 is 1.17 bits per heavy atom. The highest BCUT2D eigenvalue weighted by molar-refractivity contribution is 7.13. The van der Waals surface area contributed by atoms with Crippen molar-refractivity contribution >= 4 is 22.9 Å². The number of thiazole rings is 1. The maximum Gasteiger partial charge on any atom is 0.230 e. The summed E-state index contributed by atoms with van der Waals surface area (Å²) in [6.07, 6.45) is -0.00167. The molecule has 0 unspecified atom stereocenters. The molecule has 0 saturated carbocycles. The number of carbonyl (C=O) groups is 1. The molecule has 0 aliphatic rings. The second-order valence-electron chi connectivity index (χ2n) is 5.36. The maximum absolute atomic E-state index is 13.5. The van der Waals surface area contributed by atoms with E-state index in [-0.39, 0.29) is 12.1 Å². The number of anilines is 1. The molecular weight excluding hydrogens is 330 g/mol. The van der Waals surface area contributed by atoms with E-state index in [4.69, 9.17) is 0 Å². The molecule has 2 aromatic carbocycles. The van der Waals surface area contributed by atoms with Crippen LogP contribution in [0, 0.1) is 18.6 Å². The lowest BCUT2D eigenvalue weighted by Crippen LogP contribution is -2.15. The third kappa shape index (κ3) is 3.83. The van der Waals surface area contributed by atoms with Gasteiger partial charge in [-0.1, -0.05) is 29.8 Å². The number of aryl methyl sites for hydroxylation is 1. The molecule has 122 valence electrons. The molecule has 1 N–H and O–H groups in total. The molecule has 1 aromatic heterocycles. The summed E-state index contributed by atoms with van der Waals surface area (Å²) in [5.41, 5.74) is 2.55. The first-order valence-corrected chi connectivity index (χ1v) is 8.15. The monoisotopic (exact) mass is 344 g/mol. The lowest BCUT2D eigenvalue weighted by Gasteiger charge is -2.05. The van der Waals surface area contributed by atoms with Gasteiger partial charge in [0.1, 0.15) is 16.6 Å². The van der Waals surface area contributed by atoms with E-state index in [0.29, 0.717) is 5.69 Å². The van der Waals surface area contributed by atoms with E-state index in [0.717, 1.165) is 34.3 Å². The molecule has 6 heteroatoms. The molecule has 0 radical (unpaired) electrons. The van der Waals surface area contributed by atoms with Crippen molar-refractivity contribution < 1.29 is 13.6 Å². The van der Waals surface area contributed by atoms with E-state index < -0.39 is 17.5 Å². The van der Waals surface area contributed by atoms with Gasteiger partial charge in [-0.2, -0.15) is 0 Å². The van der Waals surface area contributed by atoms with Crippen molar-refractivity contribution in [1.29, 1.82) is 0 Å². The number of aromatic nitrogens is 1. The SMILES string of the molecule is Cc1ccc(-c2nc(CC(=O)Nc3cc(F)ccc3F)cs2)cc1. The van der Waals surface area contributed by atoms with E-state index in [9.17, 15) is 13.6 Å². The van der Waals surface area contributed by atoms with Gasteiger partial charge in [0.05, 0.1) is 17.8 Å². The fourth-order valence-electron chi connectivity index (χ4n) is 2.17. The molecule has 3 nitrogen and oxygen atoms in total. The molecule has 0 spiro atoms. The molecule has 0 aliphatic carbocycles. The first-order valence-electron chi connectivity index (χ1n) is 7.27. The zero-order chi connectivity index (χ0) is 17.1. The summed E-state index contributed by atoms with van der Waals surface area (Å²) in [4.78, 5) is 16.4. The molecule has 24 heavy (non-hydrogen) atoms. The van der Waals surface area contributed by atoms with Gasteiger partial charge < -0.3 is 5.32 Å². The largest absolute Gasteiger partial charge is 0.323 e. The van der Waals surface area contributed by atoms with Gasteiger partial charge >= 0.3 is 0 Å². The van der Waals surface area contributed by atoms with Crippen molar-refractivity contribution in [3.05, 3.63) is 70.7 Å². The summed E-state index contributed by atoms with van der Waals surface area (Å²) in [5, 5.41) is 4.97. The number of halogens is 2. The van der Waals surface area contributed by atoms with Crippen LogP contribution in [0.5, 0.6) is 0 Å². The van der Waals surface area contributed by atoms with Gasteiger partial charge in [0, 0.05) is 17.0 Å². The molecule has 0 aliphatic heterocycles. The normalized spacial score (nSPS) is 10.6. The minimum atomic E-state index is -0.677. The zero-order valence-corrected chi connectivity index (χ0v) is 13.7. The predicted octanol–water partition coefficient (Wildman–Crippen LogP) is 4.58. The summed E-state index contributed by atoms with van der Waals surface area (Å²) < 4.78 is 26.6. The average molecular weight is 344 g/mol. The summed E-state index contributed by atoms with van der Waals surface area (Å²) >= 11 is 1.44. The predicted molar refractivity (Wildman–Crippen MR) is 91.0 cm³/mol. The Hall–Kier alpha value is -2.60. The number of rotatable bonds is 4. The van der Waals surface area contributed by atoms with Crippen molar-refractivity contribution in [2.45, 2.75) is 13.3 Å². The van der Waals surface area contributed by atoms with Gasteiger partial charge in [-0.25, -0.2) is 13.8 Å². The van der Waals surface area contributed by atoms with Crippen LogP contribution in [-0.2, 0) is 11.2 Å². The Kier molecular flexibility index (Phi) is 4.66. The highest BCUT2D eigenvalue weighted by Gasteiger charge is 2.12. The van der Waals surface area contributed by atoms with E-state index >= 15 is 0 Å². The number of amides is 1. The van der Waals surface area contributed by atoms with Crippen molar-refractivity contribution in [1.82, 2.24) is 4.98 Å². The van der Waals surface area contributed by atoms with Gasteiger partial charge in [-0.3, -0.25) is 4.79 Å². The van der Waals surface area contributed by atoms with Crippen LogP contribution < -0.4 is 5.32 Å². The lowest BCUT2D eigenvalue weighted by atomic mass is 10.2. The first kappa shape index (κ1) is 16.3. The minimum absolute atomic E-state index is 0.00167. The number of nitrogens with one attached hydrogen (secondary N) is 1. The summed E-state index contributed by atoms with van der Waals surface area (Å²) in [6.45, 7) is 2.01. The molecule has 3 aromatic rings. The zero-order valence-electron chi connectivity index (χ0n) is 12.8. The van der Waals surface area contributed by atoms with Crippen molar-refractivity contribution in [3.8, 4) is 10.6 Å². The van der Waals surface area contributed by atoms with Gasteiger partial charge in [-0.05, 0) is 19.1 Å². The molecule has 0 fully saturated rings.